The minimum absolute atomic E-state index is 0.0148. The lowest BCUT2D eigenvalue weighted by Crippen LogP contribution is -2.25. The van der Waals surface area contributed by atoms with E-state index in [2.05, 4.69) is 10.6 Å². The second kappa shape index (κ2) is 9.65. The third kappa shape index (κ3) is 6.98. The standard InChI is InChI=1S/C21H25FN2O4S/c1-14-11-15(2)21(16(3)12-14)24-19(25)9-6-10-29(27,28)13-20(26)23-18-8-5-4-7-17(18)22/h4-5,7-8,11-12H,6,9-10,13H2,1-3H3,(H,23,26)(H,24,25). The van der Waals surface area contributed by atoms with E-state index in [4.69, 9.17) is 0 Å². The highest BCUT2D eigenvalue weighted by Crippen LogP contribution is 2.22. The Balaban J connectivity index is 1.83. The molecule has 0 spiro atoms. The Hall–Kier alpha value is -2.74. The number of sulfone groups is 1. The van der Waals surface area contributed by atoms with Crippen LogP contribution in [0.15, 0.2) is 36.4 Å². The molecule has 0 radical (unpaired) electrons. The van der Waals surface area contributed by atoms with Gasteiger partial charge in [-0.25, -0.2) is 12.8 Å². The van der Waals surface area contributed by atoms with Crippen molar-refractivity contribution in [1.29, 1.82) is 0 Å². The highest BCUT2D eigenvalue weighted by Gasteiger charge is 2.18. The van der Waals surface area contributed by atoms with Gasteiger partial charge in [-0.15, -0.1) is 0 Å². The van der Waals surface area contributed by atoms with Crippen molar-refractivity contribution in [2.24, 2.45) is 0 Å². The molecule has 0 unspecified atom stereocenters. The number of rotatable bonds is 8. The van der Waals surface area contributed by atoms with Crippen molar-refractivity contribution in [2.75, 3.05) is 22.1 Å². The zero-order valence-electron chi connectivity index (χ0n) is 16.7. The molecular weight excluding hydrogens is 395 g/mol. The maximum Gasteiger partial charge on any atom is 0.239 e. The van der Waals surface area contributed by atoms with E-state index >= 15 is 0 Å². The number of hydrogen-bond donors (Lipinski definition) is 2. The van der Waals surface area contributed by atoms with E-state index in [1.165, 1.54) is 24.3 Å². The maximum atomic E-state index is 13.5. The molecular formula is C21H25FN2O4S. The van der Waals surface area contributed by atoms with Crippen molar-refractivity contribution in [2.45, 2.75) is 33.6 Å². The first kappa shape index (κ1) is 22.5. The van der Waals surface area contributed by atoms with Gasteiger partial charge in [-0.05, 0) is 50.5 Å². The molecule has 2 aromatic carbocycles. The average molecular weight is 421 g/mol. The number of aryl methyl sites for hydroxylation is 3. The van der Waals surface area contributed by atoms with E-state index in [9.17, 15) is 22.4 Å². The van der Waals surface area contributed by atoms with E-state index in [0.29, 0.717) is 0 Å². The van der Waals surface area contributed by atoms with Crippen LogP contribution in [0.3, 0.4) is 0 Å². The molecule has 0 saturated carbocycles. The normalized spacial score (nSPS) is 11.2. The summed E-state index contributed by atoms with van der Waals surface area (Å²) in [5.41, 5.74) is 3.63. The fourth-order valence-corrected chi connectivity index (χ4v) is 4.25. The maximum absolute atomic E-state index is 13.5. The summed E-state index contributed by atoms with van der Waals surface area (Å²) in [7, 11) is -3.72. The molecule has 6 nitrogen and oxygen atoms in total. The van der Waals surface area contributed by atoms with Crippen molar-refractivity contribution >= 4 is 33.0 Å². The van der Waals surface area contributed by atoms with E-state index in [0.717, 1.165) is 22.4 Å². The minimum atomic E-state index is -3.72. The van der Waals surface area contributed by atoms with Crippen LogP contribution in [-0.2, 0) is 19.4 Å². The lowest BCUT2D eigenvalue weighted by Gasteiger charge is -2.13. The molecule has 2 N–H and O–H groups in total. The van der Waals surface area contributed by atoms with E-state index in [1.807, 2.05) is 32.9 Å². The van der Waals surface area contributed by atoms with Crippen LogP contribution < -0.4 is 10.6 Å². The van der Waals surface area contributed by atoms with Gasteiger partial charge in [0, 0.05) is 12.1 Å². The quantitative estimate of drug-likeness (QED) is 0.683. The number of benzene rings is 2. The Morgan fingerprint density at radius 2 is 1.59 bits per heavy atom. The van der Waals surface area contributed by atoms with Gasteiger partial charge in [0.05, 0.1) is 11.4 Å². The Kier molecular flexibility index (Phi) is 7.50. The second-order valence-corrected chi connectivity index (χ2v) is 9.23. The lowest BCUT2D eigenvalue weighted by molar-refractivity contribution is -0.116. The Bertz CT molecular complexity index is 996. The number of hydrogen-bond acceptors (Lipinski definition) is 4. The molecule has 2 rings (SSSR count). The van der Waals surface area contributed by atoms with Crippen LogP contribution in [-0.4, -0.2) is 31.7 Å². The van der Waals surface area contributed by atoms with Crippen molar-refractivity contribution in [1.82, 2.24) is 0 Å². The molecule has 0 aliphatic heterocycles. The summed E-state index contributed by atoms with van der Waals surface area (Å²) in [6.45, 7) is 5.77. The van der Waals surface area contributed by atoms with Crippen molar-refractivity contribution in [3.63, 3.8) is 0 Å². The molecule has 8 heteroatoms. The molecule has 0 atom stereocenters. The lowest BCUT2D eigenvalue weighted by atomic mass is 10.0. The fourth-order valence-electron chi connectivity index (χ4n) is 3.05. The summed E-state index contributed by atoms with van der Waals surface area (Å²) in [5.74, 6) is -2.82. The predicted octanol–water partition coefficient (Wildman–Crippen LogP) is 3.52. The monoisotopic (exact) mass is 420 g/mol. The number of nitrogens with one attached hydrogen (secondary N) is 2. The van der Waals surface area contributed by atoms with Gasteiger partial charge in [-0.3, -0.25) is 9.59 Å². The first-order valence-corrected chi connectivity index (χ1v) is 11.0. The number of carbonyl (C=O) groups excluding carboxylic acids is 2. The average Bonchev–Trinajstić information content (AvgIpc) is 2.59. The number of para-hydroxylation sites is 1. The fraction of sp³-hybridized carbons (Fsp3) is 0.333. The van der Waals surface area contributed by atoms with Crippen LogP contribution in [0.2, 0.25) is 0 Å². The number of carbonyl (C=O) groups is 2. The van der Waals surface area contributed by atoms with E-state index < -0.39 is 27.3 Å². The SMILES string of the molecule is Cc1cc(C)c(NC(=O)CCCS(=O)(=O)CC(=O)Nc2ccccc2F)c(C)c1. The van der Waals surface area contributed by atoms with Crippen molar-refractivity contribution in [3.8, 4) is 0 Å². The molecule has 0 heterocycles. The van der Waals surface area contributed by atoms with Gasteiger partial charge in [0.2, 0.25) is 11.8 Å². The zero-order valence-corrected chi connectivity index (χ0v) is 17.5. The first-order chi connectivity index (χ1) is 13.6. The summed E-state index contributed by atoms with van der Waals surface area (Å²) in [6.07, 6.45) is 0.103. The van der Waals surface area contributed by atoms with Gasteiger partial charge < -0.3 is 10.6 Å². The van der Waals surface area contributed by atoms with E-state index in [1.54, 1.807) is 0 Å². The smallest absolute Gasteiger partial charge is 0.239 e. The Labute approximate surface area is 170 Å². The summed E-state index contributed by atoms with van der Waals surface area (Å²) >= 11 is 0. The molecule has 0 fully saturated rings. The van der Waals surface area contributed by atoms with Gasteiger partial charge >= 0.3 is 0 Å². The molecule has 0 bridgehead atoms. The molecule has 2 aromatic rings. The highest BCUT2D eigenvalue weighted by atomic mass is 32.2. The number of amides is 2. The molecule has 29 heavy (non-hydrogen) atoms. The minimum Gasteiger partial charge on any atom is -0.326 e. The molecule has 0 aliphatic carbocycles. The van der Waals surface area contributed by atoms with Gasteiger partial charge in [0.1, 0.15) is 11.6 Å². The topological polar surface area (TPSA) is 92.3 Å². The van der Waals surface area contributed by atoms with Crippen LogP contribution in [0, 0.1) is 26.6 Å². The van der Waals surface area contributed by atoms with Gasteiger partial charge in [0.25, 0.3) is 0 Å². The van der Waals surface area contributed by atoms with E-state index in [-0.39, 0.29) is 30.2 Å². The summed E-state index contributed by atoms with van der Waals surface area (Å²) in [5, 5.41) is 5.06. The second-order valence-electron chi connectivity index (χ2n) is 7.05. The molecule has 0 saturated heterocycles. The molecule has 156 valence electrons. The first-order valence-electron chi connectivity index (χ1n) is 9.20. The van der Waals surface area contributed by atoms with Gasteiger partial charge in [0.15, 0.2) is 9.84 Å². The van der Waals surface area contributed by atoms with Gasteiger partial charge in [-0.2, -0.15) is 0 Å². The van der Waals surface area contributed by atoms with Crippen LogP contribution in [0.1, 0.15) is 29.5 Å². The third-order valence-corrected chi connectivity index (χ3v) is 5.91. The van der Waals surface area contributed by atoms with Crippen molar-refractivity contribution in [3.05, 3.63) is 58.9 Å². The number of halogens is 1. The molecule has 0 aromatic heterocycles. The zero-order chi connectivity index (χ0) is 21.6. The van der Waals surface area contributed by atoms with Crippen LogP contribution in [0.4, 0.5) is 15.8 Å². The molecule has 2 amide bonds. The van der Waals surface area contributed by atoms with Crippen LogP contribution >= 0.6 is 0 Å². The van der Waals surface area contributed by atoms with Crippen molar-refractivity contribution < 1.29 is 22.4 Å². The summed E-state index contributed by atoms with van der Waals surface area (Å²) in [6, 6.07) is 9.43. The number of anilines is 2. The summed E-state index contributed by atoms with van der Waals surface area (Å²) < 4.78 is 37.8. The molecule has 0 aliphatic rings. The Morgan fingerprint density at radius 1 is 0.966 bits per heavy atom. The highest BCUT2D eigenvalue weighted by molar-refractivity contribution is 7.92. The predicted molar refractivity (Wildman–Crippen MR) is 112 cm³/mol. The van der Waals surface area contributed by atoms with Crippen LogP contribution in [0.5, 0.6) is 0 Å². The largest absolute Gasteiger partial charge is 0.326 e. The summed E-state index contributed by atoms with van der Waals surface area (Å²) in [4.78, 5) is 24.0. The van der Waals surface area contributed by atoms with Crippen LogP contribution in [0.25, 0.3) is 0 Å². The Morgan fingerprint density at radius 3 is 2.21 bits per heavy atom. The third-order valence-electron chi connectivity index (χ3n) is 4.30. The van der Waals surface area contributed by atoms with Gasteiger partial charge in [-0.1, -0.05) is 29.8 Å².